The predicted octanol–water partition coefficient (Wildman–Crippen LogP) is 2.20. The van der Waals surface area contributed by atoms with Crippen LogP contribution in [0, 0.1) is 0 Å². The number of ether oxygens (including phenoxy) is 1. The number of hydrogen-bond acceptors (Lipinski definition) is 6. The summed E-state index contributed by atoms with van der Waals surface area (Å²) in [6.07, 6.45) is 0. The molecule has 8 heteroatoms. The fourth-order valence-corrected chi connectivity index (χ4v) is 4.29. The second kappa shape index (κ2) is 8.64. The summed E-state index contributed by atoms with van der Waals surface area (Å²) in [6, 6.07) is 12.9. The van der Waals surface area contributed by atoms with Crippen LogP contribution < -0.4 is 5.32 Å². The Morgan fingerprint density at radius 1 is 1.04 bits per heavy atom. The Morgan fingerprint density at radius 2 is 1.71 bits per heavy atom. The molecule has 3 rings (SSSR count). The number of anilines is 1. The van der Waals surface area contributed by atoms with E-state index in [4.69, 9.17) is 4.74 Å². The van der Waals surface area contributed by atoms with E-state index in [1.54, 1.807) is 24.3 Å². The molecule has 1 fully saturated rings. The molecule has 1 aliphatic rings. The molecule has 0 saturated carbocycles. The van der Waals surface area contributed by atoms with Crippen LogP contribution in [0.3, 0.4) is 0 Å². The number of rotatable bonds is 7. The van der Waals surface area contributed by atoms with Gasteiger partial charge in [0.15, 0.2) is 11.6 Å². The van der Waals surface area contributed by atoms with Crippen LogP contribution in [-0.2, 0) is 14.8 Å². The Labute approximate surface area is 164 Å². The smallest absolute Gasteiger partial charge is 0.243 e. The zero-order chi connectivity index (χ0) is 20.1. The number of ketones is 2. The van der Waals surface area contributed by atoms with Crippen molar-refractivity contribution < 1.29 is 22.7 Å². The van der Waals surface area contributed by atoms with Crippen LogP contribution in [0.15, 0.2) is 53.4 Å². The van der Waals surface area contributed by atoms with Gasteiger partial charge in [-0.3, -0.25) is 9.59 Å². The van der Waals surface area contributed by atoms with Crippen LogP contribution in [0.1, 0.15) is 27.6 Å². The molecule has 0 aromatic heterocycles. The average molecular weight is 402 g/mol. The molecule has 148 valence electrons. The van der Waals surface area contributed by atoms with E-state index in [1.165, 1.54) is 35.5 Å². The first-order valence-corrected chi connectivity index (χ1v) is 10.4. The average Bonchev–Trinajstić information content (AvgIpc) is 2.73. The molecule has 1 heterocycles. The van der Waals surface area contributed by atoms with Crippen molar-refractivity contribution in [2.45, 2.75) is 11.8 Å². The topological polar surface area (TPSA) is 92.8 Å². The number of nitrogens with zero attached hydrogens (tertiary/aromatic N) is 1. The zero-order valence-corrected chi connectivity index (χ0v) is 16.4. The number of carbonyl (C=O) groups excluding carboxylic acids is 2. The van der Waals surface area contributed by atoms with Crippen LogP contribution in [-0.4, -0.2) is 57.1 Å². The van der Waals surface area contributed by atoms with Crippen molar-refractivity contribution in [3.8, 4) is 0 Å². The molecule has 0 unspecified atom stereocenters. The lowest BCUT2D eigenvalue weighted by molar-refractivity contribution is 0.0730. The lowest BCUT2D eigenvalue weighted by Crippen LogP contribution is -2.40. The fourth-order valence-electron chi connectivity index (χ4n) is 2.88. The first kappa shape index (κ1) is 20.2. The quantitative estimate of drug-likeness (QED) is 0.714. The van der Waals surface area contributed by atoms with Crippen molar-refractivity contribution in [3.63, 3.8) is 0 Å². The summed E-state index contributed by atoms with van der Waals surface area (Å²) in [6.45, 7) is 2.94. The Bertz CT molecular complexity index is 964. The molecule has 0 atom stereocenters. The molecule has 2 aromatic rings. The first-order valence-electron chi connectivity index (χ1n) is 8.94. The highest BCUT2D eigenvalue weighted by atomic mass is 32.2. The summed E-state index contributed by atoms with van der Waals surface area (Å²) in [5, 5.41) is 2.99. The third-order valence-corrected chi connectivity index (χ3v) is 6.42. The number of morpholine rings is 1. The second-order valence-corrected chi connectivity index (χ2v) is 8.39. The van der Waals surface area contributed by atoms with Crippen molar-refractivity contribution in [1.82, 2.24) is 4.31 Å². The lowest BCUT2D eigenvalue weighted by atomic mass is 10.1. The third kappa shape index (κ3) is 4.64. The molecule has 1 aliphatic heterocycles. The van der Waals surface area contributed by atoms with Crippen molar-refractivity contribution in [2.24, 2.45) is 0 Å². The van der Waals surface area contributed by atoms with Gasteiger partial charge in [0, 0.05) is 29.9 Å². The van der Waals surface area contributed by atoms with Gasteiger partial charge in [-0.05, 0) is 43.3 Å². The van der Waals surface area contributed by atoms with Crippen molar-refractivity contribution in [1.29, 1.82) is 0 Å². The van der Waals surface area contributed by atoms with E-state index in [2.05, 4.69) is 5.32 Å². The fraction of sp³-hybridized carbons (Fsp3) is 0.300. The molecule has 1 N–H and O–H groups in total. The van der Waals surface area contributed by atoms with Gasteiger partial charge in [0.25, 0.3) is 0 Å². The molecule has 0 spiro atoms. The first-order chi connectivity index (χ1) is 13.4. The zero-order valence-electron chi connectivity index (χ0n) is 15.6. The van der Waals surface area contributed by atoms with Crippen LogP contribution in [0.4, 0.5) is 5.69 Å². The van der Waals surface area contributed by atoms with Crippen LogP contribution in [0.2, 0.25) is 0 Å². The molecule has 7 nitrogen and oxygen atoms in total. The normalized spacial score (nSPS) is 15.2. The number of Topliss-reactive ketones (excluding diaryl/α,β-unsaturated/α-hetero) is 2. The molecule has 0 bridgehead atoms. The minimum Gasteiger partial charge on any atom is -0.379 e. The SMILES string of the molecule is CC(=O)c1cccc(NCC(=O)c2ccc(S(=O)(=O)N3CCOCC3)cc2)c1. The van der Waals surface area contributed by atoms with Gasteiger partial charge in [-0.15, -0.1) is 0 Å². The molecule has 1 saturated heterocycles. The molecule has 28 heavy (non-hydrogen) atoms. The monoisotopic (exact) mass is 402 g/mol. The minimum atomic E-state index is -3.58. The molecule has 2 aromatic carbocycles. The predicted molar refractivity (Wildman–Crippen MR) is 105 cm³/mol. The van der Waals surface area contributed by atoms with Gasteiger partial charge in [0.1, 0.15) is 0 Å². The number of nitrogens with one attached hydrogen (secondary N) is 1. The van der Waals surface area contributed by atoms with Gasteiger partial charge in [-0.2, -0.15) is 4.31 Å². The highest BCUT2D eigenvalue weighted by Gasteiger charge is 2.26. The summed E-state index contributed by atoms with van der Waals surface area (Å²) in [5.74, 6) is -0.226. The third-order valence-electron chi connectivity index (χ3n) is 4.51. The molecule has 0 aliphatic carbocycles. The van der Waals surface area contributed by atoms with E-state index < -0.39 is 10.0 Å². The molecule has 0 amide bonds. The number of carbonyl (C=O) groups is 2. The summed E-state index contributed by atoms with van der Waals surface area (Å²) >= 11 is 0. The van der Waals surface area contributed by atoms with Gasteiger partial charge >= 0.3 is 0 Å². The largest absolute Gasteiger partial charge is 0.379 e. The highest BCUT2D eigenvalue weighted by molar-refractivity contribution is 7.89. The van der Waals surface area contributed by atoms with E-state index in [0.29, 0.717) is 43.1 Å². The Hall–Kier alpha value is -2.55. The van der Waals surface area contributed by atoms with E-state index in [0.717, 1.165) is 0 Å². The number of benzene rings is 2. The second-order valence-electron chi connectivity index (χ2n) is 6.45. The van der Waals surface area contributed by atoms with Crippen molar-refractivity contribution in [2.75, 3.05) is 38.2 Å². The van der Waals surface area contributed by atoms with Crippen molar-refractivity contribution in [3.05, 3.63) is 59.7 Å². The maximum atomic E-state index is 12.6. The van der Waals surface area contributed by atoms with Crippen LogP contribution in [0.5, 0.6) is 0 Å². The van der Waals surface area contributed by atoms with E-state index >= 15 is 0 Å². The number of hydrogen-bond donors (Lipinski definition) is 1. The van der Waals surface area contributed by atoms with Gasteiger partial charge in [-0.1, -0.05) is 12.1 Å². The number of sulfonamides is 1. The van der Waals surface area contributed by atoms with Gasteiger partial charge < -0.3 is 10.1 Å². The maximum Gasteiger partial charge on any atom is 0.243 e. The van der Waals surface area contributed by atoms with E-state index in [-0.39, 0.29) is 23.0 Å². The van der Waals surface area contributed by atoms with Gasteiger partial charge in [0.05, 0.1) is 24.7 Å². The summed E-state index contributed by atoms with van der Waals surface area (Å²) in [7, 11) is -3.58. The maximum absolute atomic E-state index is 12.6. The van der Waals surface area contributed by atoms with Gasteiger partial charge in [0.2, 0.25) is 10.0 Å². The Kier molecular flexibility index (Phi) is 6.23. The molecule has 0 radical (unpaired) electrons. The summed E-state index contributed by atoms with van der Waals surface area (Å²) in [4.78, 5) is 24.0. The molecular weight excluding hydrogens is 380 g/mol. The summed E-state index contributed by atoms with van der Waals surface area (Å²) < 4.78 is 31.8. The van der Waals surface area contributed by atoms with Crippen LogP contribution >= 0.6 is 0 Å². The van der Waals surface area contributed by atoms with Crippen molar-refractivity contribution >= 4 is 27.3 Å². The molecular formula is C20H22N2O5S. The minimum absolute atomic E-state index is 0.0386. The van der Waals surface area contributed by atoms with Gasteiger partial charge in [-0.25, -0.2) is 8.42 Å². The standard InChI is InChI=1S/C20H22N2O5S/c1-15(23)17-3-2-4-18(13-17)21-14-20(24)16-5-7-19(8-6-16)28(25,26)22-9-11-27-12-10-22/h2-8,13,21H,9-12,14H2,1H3. The lowest BCUT2D eigenvalue weighted by Gasteiger charge is -2.26. The van der Waals surface area contributed by atoms with Crippen LogP contribution in [0.25, 0.3) is 0 Å². The Balaban J connectivity index is 1.65. The highest BCUT2D eigenvalue weighted by Crippen LogP contribution is 2.18. The van der Waals surface area contributed by atoms with E-state index in [1.807, 2.05) is 0 Å². The summed E-state index contributed by atoms with van der Waals surface area (Å²) in [5.41, 5.74) is 1.65. The Morgan fingerprint density at radius 3 is 2.36 bits per heavy atom. The van der Waals surface area contributed by atoms with E-state index in [9.17, 15) is 18.0 Å².